The molecule has 1 amide bonds. The lowest BCUT2D eigenvalue weighted by Crippen LogP contribution is -2.21. The molecule has 0 radical (unpaired) electrons. The number of carbonyl (C=O) groups is 3. The Balaban J connectivity index is 0.000000522. The zero-order valence-corrected chi connectivity index (χ0v) is 21.2. The predicted molar refractivity (Wildman–Crippen MR) is 141 cm³/mol. The summed E-state index contributed by atoms with van der Waals surface area (Å²) in [5, 5.41) is 21.5. The number of benzene rings is 3. The van der Waals surface area contributed by atoms with Gasteiger partial charge in [0.2, 0.25) is 5.91 Å². The molecule has 42 heavy (non-hydrogen) atoms. The number of carboxylic acids is 2. The standard InChI is InChI=1S/C22H21N5O.2C2HF3O2/c23-22(28)20-10-4-8-18(14-27-25)21(20)12-17-6-1-2-9-19(17)16-7-3-5-15(11-16)13-26-24;2*3-2(4,5)1(6)7/h1-11,13-14H,12,24-25H2,(H2,23,28);2*(H,6,7). The second-order valence-electron chi connectivity index (χ2n) is 7.86. The minimum absolute atomic E-state index is 0.455. The van der Waals surface area contributed by atoms with Gasteiger partial charge < -0.3 is 27.6 Å². The van der Waals surface area contributed by atoms with Crippen molar-refractivity contribution in [2.45, 2.75) is 18.8 Å². The van der Waals surface area contributed by atoms with Crippen LogP contribution in [0.15, 0.2) is 76.9 Å². The zero-order valence-electron chi connectivity index (χ0n) is 21.2. The largest absolute Gasteiger partial charge is 0.490 e. The SMILES string of the molecule is NN=Cc1cccc(-c2ccccc2Cc2c(C=NN)cccc2C(N)=O)c1.O=C(O)C(F)(F)F.O=C(O)C(F)(F)F. The number of halogens is 6. The average Bonchev–Trinajstić information content (AvgIpc) is 2.90. The molecule has 0 bridgehead atoms. The van der Waals surface area contributed by atoms with E-state index in [4.69, 9.17) is 37.2 Å². The van der Waals surface area contributed by atoms with Gasteiger partial charge in [0, 0.05) is 5.56 Å². The molecule has 0 aliphatic heterocycles. The van der Waals surface area contributed by atoms with Gasteiger partial charge in [-0.1, -0.05) is 54.6 Å². The smallest absolute Gasteiger partial charge is 0.475 e. The minimum Gasteiger partial charge on any atom is -0.475 e. The lowest BCUT2D eigenvalue weighted by Gasteiger charge is -2.14. The molecule has 0 heterocycles. The Labute approximate surface area is 233 Å². The summed E-state index contributed by atoms with van der Waals surface area (Å²) < 4.78 is 63.5. The van der Waals surface area contributed by atoms with Crippen LogP contribution in [0, 0.1) is 0 Å². The van der Waals surface area contributed by atoms with Crippen molar-refractivity contribution >= 4 is 30.3 Å². The van der Waals surface area contributed by atoms with Crippen LogP contribution in [0.1, 0.15) is 32.6 Å². The Hall–Kier alpha value is -5.41. The van der Waals surface area contributed by atoms with E-state index in [1.165, 1.54) is 6.21 Å². The summed E-state index contributed by atoms with van der Waals surface area (Å²) >= 11 is 0. The third kappa shape index (κ3) is 11.0. The van der Waals surface area contributed by atoms with E-state index in [0.717, 1.165) is 33.4 Å². The van der Waals surface area contributed by atoms with Crippen LogP contribution < -0.4 is 17.4 Å². The number of primary amides is 1. The monoisotopic (exact) mass is 599 g/mol. The van der Waals surface area contributed by atoms with Crippen LogP contribution in [0.25, 0.3) is 11.1 Å². The molecule has 3 rings (SSSR count). The Kier molecular flexibility index (Phi) is 12.7. The molecule has 0 fully saturated rings. The van der Waals surface area contributed by atoms with Gasteiger partial charge in [-0.05, 0) is 51.9 Å². The van der Waals surface area contributed by atoms with Crippen LogP contribution in [0.5, 0.6) is 0 Å². The molecule has 0 unspecified atom stereocenters. The second-order valence-corrected chi connectivity index (χ2v) is 7.86. The highest BCUT2D eigenvalue weighted by Gasteiger charge is 2.38. The molecule has 0 atom stereocenters. The molecular formula is C26H23F6N5O5. The fraction of sp³-hybridized carbons (Fsp3) is 0.115. The van der Waals surface area contributed by atoms with Crippen molar-refractivity contribution in [3.05, 3.63) is 94.5 Å². The highest BCUT2D eigenvalue weighted by atomic mass is 19.4. The van der Waals surface area contributed by atoms with Gasteiger partial charge in [-0.3, -0.25) is 4.79 Å². The quantitative estimate of drug-likeness (QED) is 0.123. The molecule has 0 aliphatic rings. The van der Waals surface area contributed by atoms with Crippen molar-refractivity contribution < 1.29 is 50.9 Å². The predicted octanol–water partition coefficient (Wildman–Crippen LogP) is 3.90. The number of rotatable bonds is 6. The number of hydrogen-bond acceptors (Lipinski definition) is 7. The van der Waals surface area contributed by atoms with Crippen LogP contribution in [-0.4, -0.2) is 52.8 Å². The summed E-state index contributed by atoms with van der Waals surface area (Å²) in [5.41, 5.74) is 11.6. The molecule has 0 aromatic heterocycles. The Morgan fingerprint density at radius 3 is 1.79 bits per heavy atom. The highest BCUT2D eigenvalue weighted by molar-refractivity contribution is 5.97. The van der Waals surface area contributed by atoms with Crippen molar-refractivity contribution in [3.63, 3.8) is 0 Å². The summed E-state index contributed by atoms with van der Waals surface area (Å²) in [6, 6.07) is 21.3. The van der Waals surface area contributed by atoms with Crippen molar-refractivity contribution in [1.29, 1.82) is 0 Å². The van der Waals surface area contributed by atoms with E-state index in [0.29, 0.717) is 12.0 Å². The fourth-order valence-electron chi connectivity index (χ4n) is 3.25. The van der Waals surface area contributed by atoms with Crippen LogP contribution >= 0.6 is 0 Å². The summed E-state index contributed by atoms with van der Waals surface area (Å²) in [7, 11) is 0. The average molecular weight is 599 g/mol. The van der Waals surface area contributed by atoms with Crippen molar-refractivity contribution in [3.8, 4) is 11.1 Å². The Morgan fingerprint density at radius 1 is 0.762 bits per heavy atom. The Morgan fingerprint density at radius 2 is 1.29 bits per heavy atom. The molecule has 0 saturated carbocycles. The first-order valence-electron chi connectivity index (χ1n) is 11.2. The first-order valence-corrected chi connectivity index (χ1v) is 11.2. The van der Waals surface area contributed by atoms with Crippen LogP contribution in [-0.2, 0) is 16.0 Å². The Bertz CT molecular complexity index is 1430. The van der Waals surface area contributed by atoms with Crippen LogP contribution in [0.4, 0.5) is 26.3 Å². The second kappa shape index (κ2) is 15.4. The first kappa shape index (κ1) is 34.6. The van der Waals surface area contributed by atoms with Gasteiger partial charge in [-0.25, -0.2) is 9.59 Å². The number of alkyl halides is 6. The molecule has 3 aromatic rings. The molecule has 0 aliphatic carbocycles. The van der Waals surface area contributed by atoms with Gasteiger partial charge in [0.25, 0.3) is 0 Å². The van der Waals surface area contributed by atoms with Gasteiger partial charge in [0.15, 0.2) is 0 Å². The number of nitrogens with zero attached hydrogens (tertiary/aromatic N) is 2. The molecule has 0 spiro atoms. The lowest BCUT2D eigenvalue weighted by molar-refractivity contribution is -0.193. The van der Waals surface area contributed by atoms with E-state index in [9.17, 15) is 31.1 Å². The maximum absolute atomic E-state index is 12.0. The molecule has 10 nitrogen and oxygen atoms in total. The normalized spacial score (nSPS) is 11.3. The van der Waals surface area contributed by atoms with Crippen molar-refractivity contribution in [2.75, 3.05) is 0 Å². The molecular weight excluding hydrogens is 576 g/mol. The van der Waals surface area contributed by atoms with E-state index in [1.807, 2.05) is 54.6 Å². The number of carboxylic acid groups (broad SMARTS) is 2. The highest BCUT2D eigenvalue weighted by Crippen LogP contribution is 2.28. The number of carbonyl (C=O) groups excluding carboxylic acids is 1. The zero-order chi connectivity index (χ0) is 32.1. The van der Waals surface area contributed by atoms with Gasteiger partial charge in [-0.15, -0.1) is 0 Å². The summed E-state index contributed by atoms with van der Waals surface area (Å²) in [4.78, 5) is 29.8. The molecule has 224 valence electrons. The van der Waals surface area contributed by atoms with Gasteiger partial charge >= 0.3 is 24.3 Å². The third-order valence-corrected chi connectivity index (χ3v) is 4.98. The molecule has 8 N–H and O–H groups in total. The summed E-state index contributed by atoms with van der Waals surface area (Å²) in [5.74, 6) is 4.62. The third-order valence-electron chi connectivity index (χ3n) is 4.98. The summed E-state index contributed by atoms with van der Waals surface area (Å²) in [6.07, 6.45) is -6.53. The topological polar surface area (TPSA) is 194 Å². The van der Waals surface area contributed by atoms with Gasteiger partial charge in [0.05, 0.1) is 12.4 Å². The number of nitrogens with two attached hydrogens (primary N) is 3. The van der Waals surface area contributed by atoms with Crippen molar-refractivity contribution in [1.82, 2.24) is 0 Å². The molecule has 16 heteroatoms. The number of hydrazone groups is 2. The number of hydrogen-bond donors (Lipinski definition) is 5. The molecule has 3 aromatic carbocycles. The number of amides is 1. The van der Waals surface area contributed by atoms with E-state index in [-0.39, 0.29) is 0 Å². The van der Waals surface area contributed by atoms with E-state index in [1.54, 1.807) is 18.3 Å². The summed E-state index contributed by atoms with van der Waals surface area (Å²) in [6.45, 7) is 0. The first-order chi connectivity index (χ1) is 19.5. The van der Waals surface area contributed by atoms with Crippen LogP contribution in [0.3, 0.4) is 0 Å². The van der Waals surface area contributed by atoms with Gasteiger partial charge in [-0.2, -0.15) is 36.5 Å². The van der Waals surface area contributed by atoms with Gasteiger partial charge in [0.1, 0.15) is 0 Å². The minimum atomic E-state index is -5.08. The van der Waals surface area contributed by atoms with E-state index >= 15 is 0 Å². The van der Waals surface area contributed by atoms with E-state index < -0.39 is 30.2 Å². The number of aliphatic carboxylic acids is 2. The maximum atomic E-state index is 12.0. The lowest BCUT2D eigenvalue weighted by atomic mass is 9.90. The maximum Gasteiger partial charge on any atom is 0.490 e. The van der Waals surface area contributed by atoms with Crippen molar-refractivity contribution in [2.24, 2.45) is 27.6 Å². The van der Waals surface area contributed by atoms with Crippen LogP contribution in [0.2, 0.25) is 0 Å². The molecule has 0 saturated heterocycles. The fourth-order valence-corrected chi connectivity index (χ4v) is 3.25. The van der Waals surface area contributed by atoms with E-state index in [2.05, 4.69) is 10.2 Å².